The van der Waals surface area contributed by atoms with Crippen molar-refractivity contribution in [1.29, 1.82) is 0 Å². The van der Waals surface area contributed by atoms with Gasteiger partial charge in [-0.1, -0.05) is 35.9 Å². The number of halogens is 1. The van der Waals surface area contributed by atoms with Gasteiger partial charge in [-0.15, -0.1) is 0 Å². The number of piperazine rings is 1. The molecular formula is C26H28ClN5O4. The molecule has 0 amide bonds. The molecule has 0 unspecified atom stereocenters. The fourth-order valence-electron chi connectivity index (χ4n) is 4.45. The van der Waals surface area contributed by atoms with Gasteiger partial charge in [0.05, 0.1) is 6.54 Å². The Kier molecular flexibility index (Phi) is 6.84. The smallest absolute Gasteiger partial charge is 0.415 e. The number of nitro groups is 1. The molecule has 5 rings (SSSR count). The van der Waals surface area contributed by atoms with Crippen molar-refractivity contribution in [3.63, 3.8) is 0 Å². The van der Waals surface area contributed by atoms with Crippen LogP contribution >= 0.6 is 11.6 Å². The topological polar surface area (TPSA) is 85.9 Å². The monoisotopic (exact) mass is 509 g/mol. The zero-order valence-corrected chi connectivity index (χ0v) is 20.8. The summed E-state index contributed by atoms with van der Waals surface area (Å²) in [5.74, 6) is 0.545. The van der Waals surface area contributed by atoms with Crippen LogP contribution in [0.3, 0.4) is 0 Å². The molecule has 0 radical (unpaired) electrons. The molecule has 0 bridgehead atoms. The van der Waals surface area contributed by atoms with Gasteiger partial charge in [-0.05, 0) is 53.8 Å². The van der Waals surface area contributed by atoms with Crippen molar-refractivity contribution in [3.8, 4) is 11.8 Å². The molecule has 36 heavy (non-hydrogen) atoms. The Morgan fingerprint density at radius 3 is 2.53 bits per heavy atom. The van der Waals surface area contributed by atoms with Crippen molar-refractivity contribution in [2.45, 2.75) is 19.1 Å². The summed E-state index contributed by atoms with van der Waals surface area (Å²) < 4.78 is 13.5. The minimum Gasteiger partial charge on any atom is -0.489 e. The fourth-order valence-corrected chi connectivity index (χ4v) is 4.57. The third-order valence-corrected chi connectivity index (χ3v) is 6.67. The third-order valence-electron chi connectivity index (χ3n) is 6.42. The van der Waals surface area contributed by atoms with Crippen LogP contribution in [0.4, 0.5) is 11.5 Å². The number of rotatable bonds is 8. The summed E-state index contributed by atoms with van der Waals surface area (Å²) in [4.78, 5) is 19.1. The summed E-state index contributed by atoms with van der Waals surface area (Å²) in [6, 6.07) is 16.2. The number of anilines is 1. The number of hydrogen-bond acceptors (Lipinski definition) is 7. The predicted octanol–water partition coefficient (Wildman–Crippen LogP) is 4.51. The second kappa shape index (κ2) is 10.2. The van der Waals surface area contributed by atoms with Crippen LogP contribution in [0.25, 0.3) is 6.08 Å². The van der Waals surface area contributed by atoms with Crippen molar-refractivity contribution in [2.24, 2.45) is 0 Å². The summed E-state index contributed by atoms with van der Waals surface area (Å²) in [5.41, 5.74) is 1.70. The van der Waals surface area contributed by atoms with Gasteiger partial charge in [0.15, 0.2) is 5.60 Å². The summed E-state index contributed by atoms with van der Waals surface area (Å²) in [5, 5.41) is 11.6. The molecule has 1 fully saturated rings. The Labute approximate surface area is 214 Å². The molecule has 0 saturated carbocycles. The lowest BCUT2D eigenvalue weighted by Crippen LogP contribution is -2.46. The second-order valence-electron chi connectivity index (χ2n) is 9.34. The van der Waals surface area contributed by atoms with Gasteiger partial charge < -0.3 is 24.5 Å². The Morgan fingerprint density at radius 1 is 1.14 bits per heavy atom. The quantitative estimate of drug-likeness (QED) is 0.326. The number of aromatic nitrogens is 2. The molecule has 0 N–H and O–H groups in total. The Morgan fingerprint density at radius 2 is 1.86 bits per heavy atom. The van der Waals surface area contributed by atoms with E-state index in [0.717, 1.165) is 49.1 Å². The van der Waals surface area contributed by atoms with Crippen LogP contribution in [0.5, 0.6) is 11.8 Å². The highest BCUT2D eigenvalue weighted by atomic mass is 35.5. The predicted molar refractivity (Wildman–Crippen MR) is 139 cm³/mol. The van der Waals surface area contributed by atoms with Crippen molar-refractivity contribution >= 4 is 29.2 Å². The summed E-state index contributed by atoms with van der Waals surface area (Å²) in [6.07, 6.45) is 5.73. The van der Waals surface area contributed by atoms with E-state index in [-0.39, 0.29) is 11.8 Å². The SMILES string of the molecule is C[C@]1(COc2ccc(N3CCN(C/C=C/c4ccc(Cl)cc4)CC3)cc2)Cn2cc([N+](=O)[O-])nc2O1. The molecular weight excluding hydrogens is 482 g/mol. The molecule has 2 aromatic carbocycles. The molecule has 10 heteroatoms. The lowest BCUT2D eigenvalue weighted by Gasteiger charge is -2.35. The summed E-state index contributed by atoms with van der Waals surface area (Å²) in [6.45, 7) is 7.55. The third kappa shape index (κ3) is 5.63. The van der Waals surface area contributed by atoms with Crippen LogP contribution in [-0.4, -0.2) is 64.3 Å². The van der Waals surface area contributed by atoms with Gasteiger partial charge >= 0.3 is 11.8 Å². The first-order valence-electron chi connectivity index (χ1n) is 11.9. The van der Waals surface area contributed by atoms with Gasteiger partial charge in [0, 0.05) is 48.4 Å². The molecule has 0 spiro atoms. The van der Waals surface area contributed by atoms with Crippen molar-refractivity contribution < 1.29 is 14.4 Å². The lowest BCUT2D eigenvalue weighted by atomic mass is 10.1. The van der Waals surface area contributed by atoms with Crippen LogP contribution in [0.2, 0.25) is 5.02 Å². The van der Waals surface area contributed by atoms with E-state index in [0.29, 0.717) is 13.2 Å². The first kappa shape index (κ1) is 24.1. The van der Waals surface area contributed by atoms with E-state index in [1.807, 2.05) is 43.3 Å². The van der Waals surface area contributed by atoms with Crippen LogP contribution in [0, 0.1) is 10.1 Å². The minimum absolute atomic E-state index is 0.209. The van der Waals surface area contributed by atoms with Gasteiger partial charge in [-0.25, -0.2) is 0 Å². The van der Waals surface area contributed by atoms with Crippen LogP contribution < -0.4 is 14.4 Å². The normalized spacial score (nSPS) is 19.9. The fraction of sp³-hybridized carbons (Fsp3) is 0.346. The number of benzene rings is 2. The van der Waals surface area contributed by atoms with E-state index in [1.165, 1.54) is 11.9 Å². The summed E-state index contributed by atoms with van der Waals surface area (Å²) >= 11 is 5.94. The van der Waals surface area contributed by atoms with E-state index in [2.05, 4.69) is 39.1 Å². The van der Waals surface area contributed by atoms with E-state index in [1.54, 1.807) is 4.57 Å². The average molecular weight is 510 g/mol. The maximum absolute atomic E-state index is 10.9. The van der Waals surface area contributed by atoms with E-state index < -0.39 is 10.5 Å². The molecule has 2 aliphatic heterocycles. The maximum atomic E-state index is 10.9. The number of fused-ring (bicyclic) bond motifs is 1. The Hall–Kier alpha value is -3.56. The molecule has 1 saturated heterocycles. The standard InChI is InChI=1S/C26H28ClN5O4/c1-26(18-31-17-24(32(33)34)28-25(31)36-26)19-35-23-10-8-22(9-11-23)30-15-13-29(14-16-30)12-2-3-20-4-6-21(27)7-5-20/h2-11,17H,12-16,18-19H2,1H3/b3-2+/t26-/m1/s1. The van der Waals surface area contributed by atoms with Gasteiger partial charge in [-0.2, -0.15) is 0 Å². The molecule has 1 atom stereocenters. The molecule has 3 heterocycles. The number of ether oxygens (including phenoxy) is 2. The molecule has 1 aromatic heterocycles. The molecule has 188 valence electrons. The first-order valence-corrected chi connectivity index (χ1v) is 12.3. The van der Waals surface area contributed by atoms with Gasteiger partial charge in [-0.3, -0.25) is 9.47 Å². The largest absolute Gasteiger partial charge is 0.489 e. The summed E-state index contributed by atoms with van der Waals surface area (Å²) in [7, 11) is 0. The van der Waals surface area contributed by atoms with Gasteiger partial charge in [0.2, 0.25) is 0 Å². The van der Waals surface area contributed by atoms with Crippen LogP contribution in [0.1, 0.15) is 12.5 Å². The Bertz CT molecular complexity index is 1210. The van der Waals surface area contributed by atoms with Crippen LogP contribution in [0.15, 0.2) is 60.8 Å². The van der Waals surface area contributed by atoms with E-state index >= 15 is 0 Å². The zero-order chi connectivity index (χ0) is 25.1. The van der Waals surface area contributed by atoms with Crippen molar-refractivity contribution in [2.75, 3.05) is 44.2 Å². The van der Waals surface area contributed by atoms with Gasteiger partial charge in [0.1, 0.15) is 18.6 Å². The molecule has 0 aliphatic carbocycles. The van der Waals surface area contributed by atoms with Crippen LogP contribution in [-0.2, 0) is 6.54 Å². The van der Waals surface area contributed by atoms with E-state index in [9.17, 15) is 10.1 Å². The maximum Gasteiger partial charge on any atom is 0.415 e. The van der Waals surface area contributed by atoms with E-state index in [4.69, 9.17) is 21.1 Å². The van der Waals surface area contributed by atoms with Gasteiger partial charge in [0.25, 0.3) is 0 Å². The Balaban J connectivity index is 1.07. The highest BCUT2D eigenvalue weighted by molar-refractivity contribution is 6.30. The minimum atomic E-state index is -0.630. The number of hydrogen-bond donors (Lipinski definition) is 0. The number of nitrogens with zero attached hydrogens (tertiary/aromatic N) is 5. The van der Waals surface area contributed by atoms with Crippen molar-refractivity contribution in [3.05, 3.63) is 81.5 Å². The molecule has 9 nitrogen and oxygen atoms in total. The lowest BCUT2D eigenvalue weighted by molar-refractivity contribution is -0.389. The highest BCUT2D eigenvalue weighted by Crippen LogP contribution is 2.31. The zero-order valence-electron chi connectivity index (χ0n) is 20.0. The highest BCUT2D eigenvalue weighted by Gasteiger charge is 2.41. The second-order valence-corrected chi connectivity index (χ2v) is 9.78. The average Bonchev–Trinajstić information content (AvgIpc) is 3.41. The number of imidazole rings is 1. The molecule has 3 aromatic rings. The molecule has 2 aliphatic rings. The first-order chi connectivity index (χ1) is 17.4. The van der Waals surface area contributed by atoms with Crippen molar-refractivity contribution in [1.82, 2.24) is 14.5 Å².